The Morgan fingerprint density at radius 1 is 1.13 bits per heavy atom. The Balaban J connectivity index is 1.51. The number of anilines is 1. The Morgan fingerprint density at radius 2 is 1.83 bits per heavy atom. The first-order valence-electron chi connectivity index (χ1n) is 8.48. The van der Waals surface area contributed by atoms with E-state index in [2.05, 4.69) is 10.2 Å². The van der Waals surface area contributed by atoms with E-state index in [1.54, 1.807) is 6.92 Å². The number of nitrogens with one attached hydrogen (secondary N) is 1. The van der Waals surface area contributed by atoms with Gasteiger partial charge in [-0.1, -0.05) is 0 Å². The number of carbonyl (C=O) groups is 2. The molecular formula is C18H25N3O2. The molecule has 0 bridgehead atoms. The SMILES string of the molecule is CC(=O)c1ccc(N2CCN(C(=O)C[C@@H]3CCNC3)CC2)cc1. The Bertz CT molecular complexity index is 556. The summed E-state index contributed by atoms with van der Waals surface area (Å²) in [7, 11) is 0. The maximum absolute atomic E-state index is 12.4. The number of carbonyl (C=O) groups excluding carboxylic acids is 2. The van der Waals surface area contributed by atoms with Crippen LogP contribution in [0.4, 0.5) is 5.69 Å². The quantitative estimate of drug-likeness (QED) is 0.856. The number of ketones is 1. The van der Waals surface area contributed by atoms with Crippen molar-refractivity contribution in [3.8, 4) is 0 Å². The van der Waals surface area contributed by atoms with Crippen molar-refractivity contribution in [1.82, 2.24) is 10.2 Å². The van der Waals surface area contributed by atoms with E-state index in [1.807, 2.05) is 29.2 Å². The molecule has 0 aliphatic carbocycles. The second-order valence-corrected chi connectivity index (χ2v) is 6.53. The van der Waals surface area contributed by atoms with Gasteiger partial charge >= 0.3 is 0 Å². The highest BCUT2D eigenvalue weighted by Crippen LogP contribution is 2.19. The van der Waals surface area contributed by atoms with Gasteiger partial charge in [0.2, 0.25) is 5.91 Å². The van der Waals surface area contributed by atoms with Crippen LogP contribution in [-0.4, -0.2) is 55.9 Å². The first-order valence-corrected chi connectivity index (χ1v) is 8.48. The van der Waals surface area contributed by atoms with Gasteiger partial charge in [-0.3, -0.25) is 9.59 Å². The van der Waals surface area contributed by atoms with Crippen LogP contribution in [0.2, 0.25) is 0 Å². The Labute approximate surface area is 137 Å². The van der Waals surface area contributed by atoms with Gasteiger partial charge in [0.05, 0.1) is 0 Å². The number of hydrogen-bond acceptors (Lipinski definition) is 4. The van der Waals surface area contributed by atoms with E-state index in [1.165, 1.54) is 0 Å². The lowest BCUT2D eigenvalue weighted by Gasteiger charge is -2.36. The standard InChI is InChI=1S/C18H25N3O2/c1-14(22)16-2-4-17(5-3-16)20-8-10-21(11-9-20)18(23)12-15-6-7-19-13-15/h2-5,15,19H,6-13H2,1H3/t15-/m0/s1. The Morgan fingerprint density at radius 3 is 2.39 bits per heavy atom. The topological polar surface area (TPSA) is 52.7 Å². The summed E-state index contributed by atoms with van der Waals surface area (Å²) in [5.74, 6) is 0.901. The molecule has 1 amide bonds. The zero-order valence-electron chi connectivity index (χ0n) is 13.8. The minimum atomic E-state index is 0.0911. The zero-order chi connectivity index (χ0) is 16.2. The van der Waals surface area contributed by atoms with Crippen LogP contribution < -0.4 is 10.2 Å². The molecule has 5 nitrogen and oxygen atoms in total. The van der Waals surface area contributed by atoms with Gasteiger partial charge in [0.1, 0.15) is 0 Å². The smallest absolute Gasteiger partial charge is 0.223 e. The molecule has 0 saturated carbocycles. The van der Waals surface area contributed by atoms with Crippen LogP contribution in [0.5, 0.6) is 0 Å². The van der Waals surface area contributed by atoms with Crippen molar-refractivity contribution < 1.29 is 9.59 Å². The molecule has 0 unspecified atom stereocenters. The number of Topliss-reactive ketones (excluding diaryl/α,β-unsaturated/α-hetero) is 1. The number of piperazine rings is 1. The third-order valence-corrected chi connectivity index (χ3v) is 4.90. The zero-order valence-corrected chi connectivity index (χ0v) is 13.8. The third kappa shape index (κ3) is 3.91. The van der Waals surface area contributed by atoms with Crippen molar-refractivity contribution in [3.05, 3.63) is 29.8 Å². The highest BCUT2D eigenvalue weighted by atomic mass is 16.2. The van der Waals surface area contributed by atoms with E-state index in [4.69, 9.17) is 0 Å². The van der Waals surface area contributed by atoms with Crippen molar-refractivity contribution in [2.75, 3.05) is 44.2 Å². The summed E-state index contributed by atoms with van der Waals surface area (Å²) >= 11 is 0. The fraction of sp³-hybridized carbons (Fsp3) is 0.556. The monoisotopic (exact) mass is 315 g/mol. The van der Waals surface area contributed by atoms with Crippen molar-refractivity contribution in [1.29, 1.82) is 0 Å². The number of benzene rings is 1. The van der Waals surface area contributed by atoms with Crippen LogP contribution in [0, 0.1) is 5.92 Å². The van der Waals surface area contributed by atoms with Crippen molar-refractivity contribution in [2.24, 2.45) is 5.92 Å². The average Bonchev–Trinajstić information content (AvgIpc) is 3.08. The molecule has 1 aromatic carbocycles. The molecule has 0 radical (unpaired) electrons. The molecule has 2 aliphatic rings. The van der Waals surface area contributed by atoms with Crippen LogP contribution in [0.3, 0.4) is 0 Å². The maximum Gasteiger partial charge on any atom is 0.223 e. The molecule has 124 valence electrons. The lowest BCUT2D eigenvalue weighted by molar-refractivity contribution is -0.132. The van der Waals surface area contributed by atoms with Gasteiger partial charge in [0.15, 0.2) is 5.78 Å². The largest absolute Gasteiger partial charge is 0.368 e. The van der Waals surface area contributed by atoms with Gasteiger partial charge in [-0.15, -0.1) is 0 Å². The minimum absolute atomic E-state index is 0.0911. The summed E-state index contributed by atoms with van der Waals surface area (Å²) in [6.07, 6.45) is 1.80. The van der Waals surface area contributed by atoms with Crippen molar-refractivity contribution in [3.63, 3.8) is 0 Å². The molecule has 1 atom stereocenters. The molecule has 2 fully saturated rings. The van der Waals surface area contributed by atoms with E-state index >= 15 is 0 Å². The normalized spacial score (nSPS) is 21.5. The number of amides is 1. The second-order valence-electron chi connectivity index (χ2n) is 6.53. The number of hydrogen-bond donors (Lipinski definition) is 1. The van der Waals surface area contributed by atoms with E-state index in [0.717, 1.165) is 56.9 Å². The molecular weight excluding hydrogens is 290 g/mol. The molecule has 5 heteroatoms. The van der Waals surface area contributed by atoms with E-state index in [9.17, 15) is 9.59 Å². The van der Waals surface area contributed by atoms with E-state index in [0.29, 0.717) is 18.2 Å². The van der Waals surface area contributed by atoms with Gasteiger partial charge in [0, 0.05) is 43.9 Å². The average molecular weight is 315 g/mol. The maximum atomic E-state index is 12.4. The van der Waals surface area contributed by atoms with E-state index < -0.39 is 0 Å². The fourth-order valence-corrected chi connectivity index (χ4v) is 3.39. The predicted octanol–water partition coefficient (Wildman–Crippen LogP) is 1.54. The molecule has 1 aromatic rings. The fourth-order valence-electron chi connectivity index (χ4n) is 3.39. The Hall–Kier alpha value is -1.88. The first-order chi connectivity index (χ1) is 11.1. The van der Waals surface area contributed by atoms with Gasteiger partial charge in [-0.25, -0.2) is 0 Å². The molecule has 2 heterocycles. The highest BCUT2D eigenvalue weighted by Gasteiger charge is 2.25. The van der Waals surface area contributed by atoms with Crippen LogP contribution in [0.1, 0.15) is 30.1 Å². The summed E-state index contributed by atoms with van der Waals surface area (Å²) < 4.78 is 0. The molecule has 2 saturated heterocycles. The second kappa shape index (κ2) is 7.13. The molecule has 0 spiro atoms. The molecule has 23 heavy (non-hydrogen) atoms. The van der Waals surface area contributed by atoms with Crippen LogP contribution >= 0.6 is 0 Å². The highest BCUT2D eigenvalue weighted by molar-refractivity contribution is 5.94. The minimum Gasteiger partial charge on any atom is -0.368 e. The van der Waals surface area contributed by atoms with Gasteiger partial charge < -0.3 is 15.1 Å². The molecule has 3 rings (SSSR count). The van der Waals surface area contributed by atoms with Crippen LogP contribution in [-0.2, 0) is 4.79 Å². The Kier molecular flexibility index (Phi) is 4.96. The molecule has 0 aromatic heterocycles. The van der Waals surface area contributed by atoms with E-state index in [-0.39, 0.29) is 5.78 Å². The van der Waals surface area contributed by atoms with Crippen LogP contribution in [0.15, 0.2) is 24.3 Å². The summed E-state index contributed by atoms with van der Waals surface area (Å²) in [5.41, 5.74) is 1.87. The van der Waals surface area contributed by atoms with Gasteiger partial charge in [0.25, 0.3) is 0 Å². The number of nitrogens with zero attached hydrogens (tertiary/aromatic N) is 2. The summed E-state index contributed by atoms with van der Waals surface area (Å²) in [4.78, 5) is 28.0. The summed E-state index contributed by atoms with van der Waals surface area (Å²) in [6.45, 7) is 6.89. The molecule has 2 aliphatic heterocycles. The van der Waals surface area contributed by atoms with Gasteiger partial charge in [-0.2, -0.15) is 0 Å². The summed E-state index contributed by atoms with van der Waals surface area (Å²) in [6, 6.07) is 7.75. The van der Waals surface area contributed by atoms with Crippen molar-refractivity contribution >= 4 is 17.4 Å². The third-order valence-electron chi connectivity index (χ3n) is 4.90. The number of rotatable bonds is 4. The molecule has 1 N–H and O–H groups in total. The van der Waals surface area contributed by atoms with Gasteiger partial charge in [-0.05, 0) is 56.6 Å². The summed E-state index contributed by atoms with van der Waals surface area (Å²) in [5, 5.41) is 3.32. The lowest BCUT2D eigenvalue weighted by Crippen LogP contribution is -2.49. The lowest BCUT2D eigenvalue weighted by atomic mass is 10.0. The van der Waals surface area contributed by atoms with Crippen LogP contribution in [0.25, 0.3) is 0 Å². The van der Waals surface area contributed by atoms with Crippen molar-refractivity contribution in [2.45, 2.75) is 19.8 Å². The predicted molar refractivity (Wildman–Crippen MR) is 90.8 cm³/mol. The first kappa shape index (κ1) is 16.0.